The van der Waals surface area contributed by atoms with E-state index in [1.54, 1.807) is 31.0 Å². The lowest BCUT2D eigenvalue weighted by Crippen LogP contribution is -2.50. The molecule has 2 heterocycles. The molecule has 35 heavy (non-hydrogen) atoms. The number of fused-ring (bicyclic) bond motifs is 1. The quantitative estimate of drug-likeness (QED) is 0.538. The lowest BCUT2D eigenvalue weighted by Gasteiger charge is -2.33. The van der Waals surface area contributed by atoms with Gasteiger partial charge < -0.3 is 20.1 Å². The molecule has 8 nitrogen and oxygen atoms in total. The lowest BCUT2D eigenvalue weighted by atomic mass is 9.81. The van der Waals surface area contributed by atoms with E-state index in [2.05, 4.69) is 29.6 Å². The summed E-state index contributed by atoms with van der Waals surface area (Å²) in [5.74, 6) is 1.08. The maximum atomic E-state index is 13.3. The molecule has 0 fully saturated rings. The summed E-state index contributed by atoms with van der Waals surface area (Å²) in [6, 6.07) is 12.1. The van der Waals surface area contributed by atoms with Gasteiger partial charge in [-0.25, -0.2) is 0 Å². The van der Waals surface area contributed by atoms with E-state index in [0.717, 1.165) is 22.4 Å². The Morgan fingerprint density at radius 2 is 1.94 bits per heavy atom. The number of aromatic nitrogens is 2. The Balaban J connectivity index is 1.79. The van der Waals surface area contributed by atoms with Gasteiger partial charge in [0.2, 0.25) is 5.91 Å². The molecule has 0 unspecified atom stereocenters. The highest BCUT2D eigenvalue weighted by Gasteiger charge is 2.41. The van der Waals surface area contributed by atoms with Gasteiger partial charge in [0, 0.05) is 24.1 Å². The van der Waals surface area contributed by atoms with Crippen LogP contribution in [0.5, 0.6) is 11.5 Å². The van der Waals surface area contributed by atoms with Crippen molar-refractivity contribution in [2.75, 3.05) is 19.0 Å². The van der Waals surface area contributed by atoms with Gasteiger partial charge >= 0.3 is 0 Å². The second-order valence-electron chi connectivity index (χ2n) is 9.37. The van der Waals surface area contributed by atoms with Gasteiger partial charge in [-0.15, -0.1) is 0 Å². The number of benzene rings is 2. The number of anilines is 1. The zero-order valence-electron chi connectivity index (χ0n) is 21.0. The summed E-state index contributed by atoms with van der Waals surface area (Å²) in [5.41, 5.74) is 3.94. The molecule has 184 valence electrons. The Kier molecular flexibility index (Phi) is 6.82. The molecule has 0 aliphatic carbocycles. The van der Waals surface area contributed by atoms with Crippen molar-refractivity contribution in [1.82, 2.24) is 15.1 Å². The van der Waals surface area contributed by atoms with E-state index in [1.807, 2.05) is 44.2 Å². The molecule has 0 saturated heterocycles. The van der Waals surface area contributed by atoms with Crippen LogP contribution in [-0.2, 0) is 11.8 Å². The van der Waals surface area contributed by atoms with Gasteiger partial charge in [-0.1, -0.05) is 37.6 Å². The fourth-order valence-electron chi connectivity index (χ4n) is 4.48. The number of nitrogens with one attached hydrogen (secondary N) is 2. The maximum absolute atomic E-state index is 13.3. The van der Waals surface area contributed by atoms with E-state index in [9.17, 15) is 9.59 Å². The molecule has 0 spiro atoms. The molecule has 1 aliphatic heterocycles. The number of ether oxygens (including phenoxy) is 2. The fourth-order valence-corrected chi connectivity index (χ4v) is 4.48. The highest BCUT2D eigenvalue weighted by molar-refractivity contribution is 6.04. The third-order valence-corrected chi connectivity index (χ3v) is 6.12. The summed E-state index contributed by atoms with van der Waals surface area (Å²) in [6.07, 6.45) is 0. The second kappa shape index (κ2) is 9.82. The van der Waals surface area contributed by atoms with Gasteiger partial charge in [0.25, 0.3) is 5.91 Å². The van der Waals surface area contributed by atoms with E-state index in [-0.39, 0.29) is 11.8 Å². The molecule has 1 aromatic heterocycles. The first-order valence-electron chi connectivity index (χ1n) is 11.7. The standard InChI is InChI=1S/C27H32N4O4/c1-15(2)14-35-21-13-18(10-11-20(21)34-6)23-22-17(4)30-31(5)25(22)29-27(33)24(23)28-26(32)19-9-7-8-16(3)12-19/h7-13,15,23-24H,14H2,1-6H3,(H,28,32)(H,29,33)/t23-,24+/m0/s1. The maximum Gasteiger partial charge on any atom is 0.251 e. The number of amides is 2. The minimum Gasteiger partial charge on any atom is -0.493 e. The third-order valence-electron chi connectivity index (χ3n) is 6.12. The average molecular weight is 477 g/mol. The molecule has 3 aromatic rings. The summed E-state index contributed by atoms with van der Waals surface area (Å²) < 4.78 is 13.2. The van der Waals surface area contributed by atoms with Crippen LogP contribution in [0.4, 0.5) is 5.82 Å². The zero-order chi connectivity index (χ0) is 25.3. The number of hydrogen-bond donors (Lipinski definition) is 2. The normalized spacial score (nSPS) is 17.1. The van der Waals surface area contributed by atoms with Crippen LogP contribution in [0.1, 0.15) is 52.5 Å². The van der Waals surface area contributed by atoms with E-state index in [4.69, 9.17) is 9.47 Å². The SMILES string of the molecule is COc1ccc([C@H]2c3c(C)nn(C)c3NC(=O)[C@@H]2NC(=O)c2cccc(C)c2)cc1OCC(C)C. The number of carbonyl (C=O) groups is 2. The van der Waals surface area contributed by atoms with Gasteiger partial charge in [-0.2, -0.15) is 5.10 Å². The van der Waals surface area contributed by atoms with Gasteiger partial charge in [-0.3, -0.25) is 14.3 Å². The van der Waals surface area contributed by atoms with Crippen molar-refractivity contribution in [1.29, 1.82) is 0 Å². The van der Waals surface area contributed by atoms with Crippen LogP contribution in [0.15, 0.2) is 42.5 Å². The lowest BCUT2D eigenvalue weighted by molar-refractivity contribution is -0.118. The monoisotopic (exact) mass is 476 g/mol. The molecule has 2 atom stereocenters. The van der Waals surface area contributed by atoms with Gasteiger partial charge in [-0.05, 0) is 49.6 Å². The van der Waals surface area contributed by atoms with Crippen LogP contribution in [-0.4, -0.2) is 41.4 Å². The fraction of sp³-hybridized carbons (Fsp3) is 0.370. The van der Waals surface area contributed by atoms with Crippen LogP contribution in [0, 0.1) is 19.8 Å². The van der Waals surface area contributed by atoms with E-state index >= 15 is 0 Å². The Hall–Kier alpha value is -3.81. The first-order chi connectivity index (χ1) is 16.7. The molecular formula is C27H32N4O4. The minimum atomic E-state index is -0.843. The van der Waals surface area contributed by atoms with Crippen molar-refractivity contribution in [3.63, 3.8) is 0 Å². The Bertz CT molecular complexity index is 1260. The molecule has 0 bridgehead atoms. The second-order valence-corrected chi connectivity index (χ2v) is 9.37. The average Bonchev–Trinajstić information content (AvgIpc) is 3.10. The van der Waals surface area contributed by atoms with Crippen molar-refractivity contribution < 1.29 is 19.1 Å². The van der Waals surface area contributed by atoms with E-state index < -0.39 is 12.0 Å². The van der Waals surface area contributed by atoms with Crippen LogP contribution < -0.4 is 20.1 Å². The predicted octanol–water partition coefficient (Wildman–Crippen LogP) is 3.96. The molecule has 0 saturated carbocycles. The number of aryl methyl sites for hydroxylation is 3. The molecule has 0 radical (unpaired) electrons. The topological polar surface area (TPSA) is 94.5 Å². The molecule has 4 rings (SSSR count). The molecule has 2 amide bonds. The van der Waals surface area contributed by atoms with Gasteiger partial charge in [0.05, 0.1) is 19.4 Å². The molecule has 2 N–H and O–H groups in total. The van der Waals surface area contributed by atoms with Crippen LogP contribution in [0.3, 0.4) is 0 Å². The largest absolute Gasteiger partial charge is 0.493 e. The van der Waals surface area contributed by atoms with Gasteiger partial charge in [0.1, 0.15) is 11.9 Å². The minimum absolute atomic E-state index is 0.299. The Labute approximate surface area is 205 Å². The smallest absolute Gasteiger partial charge is 0.251 e. The summed E-state index contributed by atoms with van der Waals surface area (Å²) >= 11 is 0. The predicted molar refractivity (Wildman–Crippen MR) is 134 cm³/mol. The number of hydrogen-bond acceptors (Lipinski definition) is 5. The number of nitrogens with zero attached hydrogens (tertiary/aromatic N) is 2. The molecule has 2 aromatic carbocycles. The van der Waals surface area contributed by atoms with Crippen molar-refractivity contribution in [3.05, 3.63) is 70.4 Å². The number of carbonyl (C=O) groups excluding carboxylic acids is 2. The third kappa shape index (κ3) is 4.87. The van der Waals surface area contributed by atoms with Gasteiger partial charge in [0.15, 0.2) is 11.5 Å². The highest BCUT2D eigenvalue weighted by Crippen LogP contribution is 2.42. The molecule has 8 heteroatoms. The highest BCUT2D eigenvalue weighted by atomic mass is 16.5. The van der Waals surface area contributed by atoms with E-state index in [1.165, 1.54) is 0 Å². The number of rotatable bonds is 7. The van der Waals surface area contributed by atoms with Crippen LogP contribution in [0.2, 0.25) is 0 Å². The van der Waals surface area contributed by atoms with Crippen molar-refractivity contribution in [2.24, 2.45) is 13.0 Å². The Morgan fingerprint density at radius 3 is 2.63 bits per heavy atom. The summed E-state index contributed by atoms with van der Waals surface area (Å²) in [6.45, 7) is 8.50. The zero-order valence-corrected chi connectivity index (χ0v) is 21.0. The first-order valence-corrected chi connectivity index (χ1v) is 11.7. The summed E-state index contributed by atoms with van der Waals surface area (Å²) in [5, 5.41) is 10.4. The number of methoxy groups -OCH3 is 1. The van der Waals surface area contributed by atoms with Crippen molar-refractivity contribution in [2.45, 2.75) is 39.7 Å². The van der Waals surface area contributed by atoms with Crippen LogP contribution >= 0.6 is 0 Å². The summed E-state index contributed by atoms with van der Waals surface area (Å²) in [4.78, 5) is 26.5. The van der Waals surface area contributed by atoms with Crippen LogP contribution in [0.25, 0.3) is 0 Å². The summed E-state index contributed by atoms with van der Waals surface area (Å²) in [7, 11) is 3.39. The molecule has 1 aliphatic rings. The molecular weight excluding hydrogens is 444 g/mol. The first kappa shape index (κ1) is 24.3. The van der Waals surface area contributed by atoms with Crippen molar-refractivity contribution in [3.8, 4) is 11.5 Å². The van der Waals surface area contributed by atoms with Crippen molar-refractivity contribution >= 4 is 17.6 Å². The van der Waals surface area contributed by atoms with E-state index in [0.29, 0.717) is 35.4 Å². The Morgan fingerprint density at radius 1 is 1.17 bits per heavy atom.